The Morgan fingerprint density at radius 3 is 2.81 bits per heavy atom. The second-order valence-corrected chi connectivity index (χ2v) is 4.95. The zero-order valence-electron chi connectivity index (χ0n) is 12.0. The third kappa shape index (κ3) is 4.55. The van der Waals surface area contributed by atoms with Gasteiger partial charge in [0, 0.05) is 6.20 Å². The van der Waals surface area contributed by atoms with Crippen LogP contribution in [0.1, 0.15) is 30.2 Å². The molecule has 0 atom stereocenters. The largest absolute Gasteiger partial charge is 0.392 e. The molecule has 2 aromatic rings. The van der Waals surface area contributed by atoms with Gasteiger partial charge in [-0.3, -0.25) is 0 Å². The van der Waals surface area contributed by atoms with Gasteiger partial charge >= 0.3 is 0 Å². The molecule has 1 N–H and O–H groups in total. The fraction of sp³-hybridized carbons (Fsp3) is 0.312. The van der Waals surface area contributed by atoms with E-state index in [4.69, 9.17) is 10.4 Å². The molecule has 1 aromatic heterocycles. The molecular formula is C16H18N4O. The van der Waals surface area contributed by atoms with Crippen molar-refractivity contribution in [3.63, 3.8) is 0 Å². The van der Waals surface area contributed by atoms with Crippen LogP contribution in [0.3, 0.4) is 0 Å². The number of nitriles is 1. The number of allylic oxidation sites excluding steroid dienone is 1. The Balaban J connectivity index is 1.93. The minimum atomic E-state index is 0.0806. The smallest absolute Gasteiger partial charge is 0.0991 e. The number of benzene rings is 1. The molecule has 1 heterocycles. The van der Waals surface area contributed by atoms with Gasteiger partial charge in [-0.2, -0.15) is 5.26 Å². The average Bonchev–Trinajstić information content (AvgIpc) is 2.94. The van der Waals surface area contributed by atoms with Crippen LogP contribution in [0.5, 0.6) is 0 Å². The van der Waals surface area contributed by atoms with E-state index in [-0.39, 0.29) is 6.61 Å². The number of aromatic nitrogens is 3. The van der Waals surface area contributed by atoms with Crippen LogP contribution < -0.4 is 0 Å². The van der Waals surface area contributed by atoms with E-state index in [1.807, 2.05) is 25.3 Å². The highest BCUT2D eigenvalue weighted by Gasteiger charge is 2.02. The van der Waals surface area contributed by atoms with Gasteiger partial charge in [0.1, 0.15) is 0 Å². The third-order valence-corrected chi connectivity index (χ3v) is 3.23. The zero-order valence-corrected chi connectivity index (χ0v) is 12.0. The van der Waals surface area contributed by atoms with Gasteiger partial charge < -0.3 is 5.11 Å². The molecule has 0 unspecified atom stereocenters. The monoisotopic (exact) mass is 282 g/mol. The van der Waals surface area contributed by atoms with Crippen molar-refractivity contribution in [2.24, 2.45) is 0 Å². The summed E-state index contributed by atoms with van der Waals surface area (Å²) >= 11 is 0. The summed E-state index contributed by atoms with van der Waals surface area (Å²) < 4.78 is 1.79. The van der Waals surface area contributed by atoms with Gasteiger partial charge in [0.2, 0.25) is 0 Å². The quantitative estimate of drug-likeness (QED) is 0.823. The van der Waals surface area contributed by atoms with Crippen LogP contribution in [0.25, 0.3) is 0 Å². The van der Waals surface area contributed by atoms with Gasteiger partial charge in [0.25, 0.3) is 0 Å². The van der Waals surface area contributed by atoms with Crippen molar-refractivity contribution < 1.29 is 5.11 Å². The number of aliphatic hydroxyl groups is 1. The topological polar surface area (TPSA) is 74.7 Å². The fourth-order valence-electron chi connectivity index (χ4n) is 1.99. The summed E-state index contributed by atoms with van der Waals surface area (Å²) in [5.41, 5.74) is 3.83. The highest BCUT2D eigenvalue weighted by Crippen LogP contribution is 2.08. The average molecular weight is 282 g/mol. The van der Waals surface area contributed by atoms with E-state index in [0.717, 1.165) is 29.7 Å². The van der Waals surface area contributed by atoms with E-state index in [0.29, 0.717) is 12.1 Å². The number of aliphatic hydroxyl groups excluding tert-OH is 1. The first-order valence-electron chi connectivity index (χ1n) is 6.86. The maximum Gasteiger partial charge on any atom is 0.0991 e. The molecule has 5 nitrogen and oxygen atoms in total. The normalized spacial score (nSPS) is 11.4. The van der Waals surface area contributed by atoms with Gasteiger partial charge in [-0.1, -0.05) is 29.0 Å². The molecule has 0 spiro atoms. The van der Waals surface area contributed by atoms with Crippen molar-refractivity contribution in [1.29, 1.82) is 5.26 Å². The molecule has 0 bridgehead atoms. The summed E-state index contributed by atoms with van der Waals surface area (Å²) in [4.78, 5) is 0. The predicted molar refractivity (Wildman–Crippen MR) is 79.4 cm³/mol. The lowest BCUT2D eigenvalue weighted by Gasteiger charge is -2.00. The van der Waals surface area contributed by atoms with Crippen molar-refractivity contribution >= 4 is 0 Å². The Kier molecular flexibility index (Phi) is 5.24. The summed E-state index contributed by atoms with van der Waals surface area (Å²) in [5, 5.41) is 25.8. The Bertz CT molecular complexity index is 650. The summed E-state index contributed by atoms with van der Waals surface area (Å²) in [6, 6.07) is 9.55. The molecule has 0 amide bonds. The van der Waals surface area contributed by atoms with E-state index in [1.54, 1.807) is 22.9 Å². The van der Waals surface area contributed by atoms with Crippen molar-refractivity contribution in [3.8, 4) is 6.07 Å². The highest BCUT2D eigenvalue weighted by atomic mass is 16.2. The van der Waals surface area contributed by atoms with Crippen LogP contribution >= 0.6 is 0 Å². The molecule has 0 saturated carbocycles. The van der Waals surface area contributed by atoms with Crippen LogP contribution in [-0.4, -0.2) is 26.7 Å². The maximum atomic E-state index is 8.81. The highest BCUT2D eigenvalue weighted by molar-refractivity contribution is 5.31. The third-order valence-electron chi connectivity index (χ3n) is 3.23. The molecular weight excluding hydrogens is 264 g/mol. The van der Waals surface area contributed by atoms with E-state index < -0.39 is 0 Å². The standard InChI is InChI=1S/C16H18N4O/c1-13(8-9-21)2-7-16-12-20(19-18-16)11-15-5-3-14(10-17)4-6-15/h3-6,8,12,21H,2,7,9,11H2,1H3/b13-8+. The summed E-state index contributed by atoms with van der Waals surface area (Å²) in [6.45, 7) is 2.72. The lowest BCUT2D eigenvalue weighted by Crippen LogP contribution is -2.00. The molecule has 108 valence electrons. The van der Waals surface area contributed by atoms with Crippen LogP contribution in [0.2, 0.25) is 0 Å². The number of nitrogens with zero attached hydrogens (tertiary/aromatic N) is 4. The van der Waals surface area contributed by atoms with Crippen LogP contribution in [0.15, 0.2) is 42.1 Å². The van der Waals surface area contributed by atoms with Crippen molar-refractivity contribution in [2.75, 3.05) is 6.61 Å². The summed E-state index contributed by atoms with van der Waals surface area (Å²) in [6.07, 6.45) is 5.43. The van der Waals surface area contributed by atoms with Gasteiger partial charge in [-0.15, -0.1) is 5.10 Å². The molecule has 0 aliphatic carbocycles. The van der Waals surface area contributed by atoms with Gasteiger partial charge in [0.05, 0.1) is 30.5 Å². The van der Waals surface area contributed by atoms with Gasteiger partial charge in [0.15, 0.2) is 0 Å². The Morgan fingerprint density at radius 1 is 1.38 bits per heavy atom. The van der Waals surface area contributed by atoms with Crippen molar-refractivity contribution in [2.45, 2.75) is 26.3 Å². The minimum Gasteiger partial charge on any atom is -0.392 e. The minimum absolute atomic E-state index is 0.0806. The SMILES string of the molecule is C/C(=C\CO)CCc1cn(Cc2ccc(C#N)cc2)nn1. The number of aryl methyl sites for hydroxylation is 1. The second-order valence-electron chi connectivity index (χ2n) is 4.95. The number of hydrogen-bond acceptors (Lipinski definition) is 4. The maximum absolute atomic E-state index is 8.81. The van der Waals surface area contributed by atoms with Crippen LogP contribution in [0, 0.1) is 11.3 Å². The van der Waals surface area contributed by atoms with Crippen LogP contribution in [0.4, 0.5) is 0 Å². The van der Waals surface area contributed by atoms with E-state index in [9.17, 15) is 0 Å². The zero-order chi connectivity index (χ0) is 15.1. The molecule has 0 fully saturated rings. The summed E-state index contributed by atoms with van der Waals surface area (Å²) in [7, 11) is 0. The van der Waals surface area contributed by atoms with Crippen molar-refractivity contribution in [1.82, 2.24) is 15.0 Å². The first-order chi connectivity index (χ1) is 10.2. The second kappa shape index (κ2) is 7.36. The Morgan fingerprint density at radius 2 is 2.14 bits per heavy atom. The molecule has 0 aliphatic heterocycles. The van der Waals surface area contributed by atoms with Gasteiger partial charge in [-0.05, 0) is 37.5 Å². The van der Waals surface area contributed by atoms with E-state index in [2.05, 4.69) is 16.4 Å². The molecule has 0 aliphatic rings. The van der Waals surface area contributed by atoms with E-state index >= 15 is 0 Å². The molecule has 0 radical (unpaired) electrons. The first kappa shape index (κ1) is 14.9. The lowest BCUT2D eigenvalue weighted by molar-refractivity contribution is 0.341. The Labute approximate surface area is 124 Å². The molecule has 21 heavy (non-hydrogen) atoms. The molecule has 1 aromatic carbocycles. The van der Waals surface area contributed by atoms with Crippen LogP contribution in [-0.2, 0) is 13.0 Å². The molecule has 2 rings (SSSR count). The van der Waals surface area contributed by atoms with Crippen molar-refractivity contribution in [3.05, 3.63) is 58.9 Å². The summed E-state index contributed by atoms with van der Waals surface area (Å²) in [5.74, 6) is 0. The first-order valence-corrected chi connectivity index (χ1v) is 6.86. The molecule has 5 heteroatoms. The predicted octanol–water partition coefficient (Wildman–Crippen LogP) is 2.07. The lowest BCUT2D eigenvalue weighted by atomic mass is 10.1. The van der Waals surface area contributed by atoms with E-state index in [1.165, 1.54) is 0 Å². The number of hydrogen-bond donors (Lipinski definition) is 1. The fourth-order valence-corrected chi connectivity index (χ4v) is 1.99. The molecule has 0 saturated heterocycles. The Hall–Kier alpha value is -2.45. The number of rotatable bonds is 6. The van der Waals surface area contributed by atoms with Gasteiger partial charge in [-0.25, -0.2) is 4.68 Å².